The Morgan fingerprint density at radius 1 is 1.43 bits per heavy atom. The predicted octanol–water partition coefficient (Wildman–Crippen LogP) is 3.17. The largest absolute Gasteiger partial charge is 0.502 e. The first-order valence-electron chi connectivity index (χ1n) is 6.53. The van der Waals surface area contributed by atoms with Gasteiger partial charge in [-0.25, -0.2) is 4.79 Å². The molecule has 6 heteroatoms. The fourth-order valence-corrected chi connectivity index (χ4v) is 1.69. The Morgan fingerprint density at radius 3 is 2.52 bits per heavy atom. The molecule has 0 saturated heterocycles. The molecule has 0 radical (unpaired) electrons. The summed E-state index contributed by atoms with van der Waals surface area (Å²) < 4.78 is 4.74. The van der Waals surface area contributed by atoms with Crippen LogP contribution in [-0.4, -0.2) is 22.6 Å². The molecule has 1 aromatic rings. The van der Waals surface area contributed by atoms with Crippen molar-refractivity contribution in [2.24, 2.45) is 0 Å². The molecule has 0 amide bonds. The molecule has 0 aromatic heterocycles. The normalized spacial score (nSPS) is 11.6. The van der Waals surface area contributed by atoms with Gasteiger partial charge < -0.3 is 9.84 Å². The Hall–Kier alpha value is -2.37. The zero-order valence-corrected chi connectivity index (χ0v) is 12.5. The van der Waals surface area contributed by atoms with Crippen molar-refractivity contribution in [2.45, 2.75) is 33.1 Å². The van der Waals surface area contributed by atoms with Crippen molar-refractivity contribution < 1.29 is 19.6 Å². The van der Waals surface area contributed by atoms with Crippen LogP contribution in [0.5, 0.6) is 5.75 Å². The summed E-state index contributed by atoms with van der Waals surface area (Å²) in [5, 5.41) is 21.0. The SMILES string of the molecule is CCOC(=O)/C=C/c1cc(C(C)(C)C)cc([N+](=O)[O-])c1O. The van der Waals surface area contributed by atoms with Crippen molar-refractivity contribution >= 4 is 17.7 Å². The van der Waals surface area contributed by atoms with E-state index in [1.165, 1.54) is 12.1 Å². The van der Waals surface area contributed by atoms with Gasteiger partial charge in [-0.1, -0.05) is 20.8 Å². The molecule has 114 valence electrons. The van der Waals surface area contributed by atoms with Crippen LogP contribution in [0, 0.1) is 10.1 Å². The van der Waals surface area contributed by atoms with Crippen LogP contribution >= 0.6 is 0 Å². The molecule has 0 heterocycles. The number of phenols is 1. The van der Waals surface area contributed by atoms with Crippen LogP contribution in [-0.2, 0) is 14.9 Å². The maximum Gasteiger partial charge on any atom is 0.330 e. The zero-order valence-electron chi connectivity index (χ0n) is 12.5. The summed E-state index contributed by atoms with van der Waals surface area (Å²) in [5.41, 5.74) is 0.189. The number of rotatable bonds is 4. The molecule has 0 fully saturated rings. The Balaban J connectivity index is 3.33. The molecule has 0 saturated carbocycles. The van der Waals surface area contributed by atoms with Gasteiger partial charge >= 0.3 is 11.7 Å². The van der Waals surface area contributed by atoms with Crippen molar-refractivity contribution in [3.8, 4) is 5.75 Å². The highest BCUT2D eigenvalue weighted by Crippen LogP contribution is 2.36. The first-order valence-corrected chi connectivity index (χ1v) is 6.53. The lowest BCUT2D eigenvalue weighted by Crippen LogP contribution is -2.12. The van der Waals surface area contributed by atoms with Gasteiger partial charge in [0, 0.05) is 17.7 Å². The smallest absolute Gasteiger partial charge is 0.330 e. The van der Waals surface area contributed by atoms with Gasteiger partial charge in [-0.3, -0.25) is 10.1 Å². The van der Waals surface area contributed by atoms with Gasteiger partial charge in [-0.2, -0.15) is 0 Å². The molecule has 0 unspecified atom stereocenters. The van der Waals surface area contributed by atoms with E-state index in [1.807, 2.05) is 20.8 Å². The van der Waals surface area contributed by atoms with Crippen LogP contribution in [0.15, 0.2) is 18.2 Å². The van der Waals surface area contributed by atoms with Crippen LogP contribution < -0.4 is 0 Å². The second-order valence-electron chi connectivity index (χ2n) is 5.53. The summed E-state index contributed by atoms with van der Waals surface area (Å²) in [6.45, 7) is 7.62. The van der Waals surface area contributed by atoms with Crippen molar-refractivity contribution in [1.82, 2.24) is 0 Å². The van der Waals surface area contributed by atoms with Gasteiger partial charge in [-0.05, 0) is 30.0 Å². The number of nitrogens with zero attached hydrogens (tertiary/aromatic N) is 1. The van der Waals surface area contributed by atoms with E-state index in [0.29, 0.717) is 5.56 Å². The molecule has 6 nitrogen and oxygen atoms in total. The quantitative estimate of drug-likeness (QED) is 0.398. The number of esters is 1. The second kappa shape index (κ2) is 6.39. The minimum Gasteiger partial charge on any atom is -0.502 e. The summed E-state index contributed by atoms with van der Waals surface area (Å²) in [6, 6.07) is 2.97. The minimum atomic E-state index is -0.647. The van der Waals surface area contributed by atoms with E-state index in [4.69, 9.17) is 4.74 Å². The number of ether oxygens (including phenoxy) is 1. The van der Waals surface area contributed by atoms with Crippen molar-refractivity contribution in [3.05, 3.63) is 39.4 Å². The summed E-state index contributed by atoms with van der Waals surface area (Å²) in [7, 11) is 0. The average molecular weight is 293 g/mol. The van der Waals surface area contributed by atoms with E-state index in [2.05, 4.69) is 0 Å². The molecule has 1 rings (SSSR count). The average Bonchev–Trinajstić information content (AvgIpc) is 2.36. The number of carbonyl (C=O) groups is 1. The van der Waals surface area contributed by atoms with E-state index in [9.17, 15) is 20.0 Å². The molecule has 0 aliphatic rings. The van der Waals surface area contributed by atoms with E-state index >= 15 is 0 Å². The Morgan fingerprint density at radius 2 is 2.05 bits per heavy atom. The van der Waals surface area contributed by atoms with Gasteiger partial charge in [0.1, 0.15) is 0 Å². The minimum absolute atomic E-state index is 0.210. The van der Waals surface area contributed by atoms with Gasteiger partial charge in [0.2, 0.25) is 5.75 Å². The van der Waals surface area contributed by atoms with Crippen LogP contribution in [0.4, 0.5) is 5.69 Å². The number of phenolic OH excluding ortho intramolecular Hbond substituents is 1. The number of hydrogen-bond acceptors (Lipinski definition) is 5. The number of carbonyl (C=O) groups excluding carboxylic acids is 1. The van der Waals surface area contributed by atoms with E-state index in [0.717, 1.165) is 6.08 Å². The van der Waals surface area contributed by atoms with Crippen LogP contribution in [0.25, 0.3) is 6.08 Å². The van der Waals surface area contributed by atoms with E-state index in [-0.39, 0.29) is 23.3 Å². The lowest BCUT2D eigenvalue weighted by Gasteiger charge is -2.19. The molecular weight excluding hydrogens is 274 g/mol. The fraction of sp³-hybridized carbons (Fsp3) is 0.400. The van der Waals surface area contributed by atoms with Crippen molar-refractivity contribution in [3.63, 3.8) is 0 Å². The first kappa shape index (κ1) is 16.7. The third-order valence-corrected chi connectivity index (χ3v) is 2.87. The molecular formula is C15H19NO5. The van der Waals surface area contributed by atoms with Crippen LogP contribution in [0.2, 0.25) is 0 Å². The highest BCUT2D eigenvalue weighted by atomic mass is 16.6. The highest BCUT2D eigenvalue weighted by Gasteiger charge is 2.23. The summed E-state index contributed by atoms with van der Waals surface area (Å²) in [4.78, 5) is 21.7. The van der Waals surface area contributed by atoms with E-state index in [1.54, 1.807) is 13.0 Å². The maximum absolute atomic E-state index is 11.3. The summed E-state index contributed by atoms with van der Waals surface area (Å²) in [5.74, 6) is -1.03. The van der Waals surface area contributed by atoms with E-state index < -0.39 is 16.6 Å². The summed E-state index contributed by atoms with van der Waals surface area (Å²) >= 11 is 0. The molecule has 0 atom stereocenters. The highest BCUT2D eigenvalue weighted by molar-refractivity contribution is 5.88. The van der Waals surface area contributed by atoms with Crippen LogP contribution in [0.1, 0.15) is 38.8 Å². The second-order valence-corrected chi connectivity index (χ2v) is 5.53. The standard InChI is InChI=1S/C15H19NO5/c1-5-21-13(17)7-6-10-8-11(15(2,3)4)9-12(14(10)18)16(19)20/h6-9,18H,5H2,1-4H3/b7-6+. The molecule has 1 aromatic carbocycles. The summed E-state index contributed by atoms with van der Waals surface area (Å²) in [6.07, 6.45) is 2.45. The van der Waals surface area contributed by atoms with Gasteiger partial charge in [0.25, 0.3) is 0 Å². The molecule has 0 aliphatic heterocycles. The fourth-order valence-electron chi connectivity index (χ4n) is 1.69. The third-order valence-electron chi connectivity index (χ3n) is 2.87. The monoisotopic (exact) mass is 293 g/mol. The van der Waals surface area contributed by atoms with Crippen molar-refractivity contribution in [1.29, 1.82) is 0 Å². The zero-order chi connectivity index (χ0) is 16.2. The Kier molecular flexibility index (Phi) is 5.07. The third kappa shape index (κ3) is 4.30. The van der Waals surface area contributed by atoms with Gasteiger partial charge in [0.15, 0.2) is 0 Å². The van der Waals surface area contributed by atoms with Crippen molar-refractivity contribution in [2.75, 3.05) is 6.61 Å². The number of nitro benzene ring substituents is 1. The maximum atomic E-state index is 11.3. The first-order chi connectivity index (χ1) is 9.66. The lowest BCUT2D eigenvalue weighted by molar-refractivity contribution is -0.386. The Bertz CT molecular complexity index is 584. The Labute approximate surface area is 123 Å². The molecule has 0 spiro atoms. The van der Waals surface area contributed by atoms with Gasteiger partial charge in [0.05, 0.1) is 11.5 Å². The number of aromatic hydroxyl groups is 1. The number of nitro groups is 1. The molecule has 0 aliphatic carbocycles. The number of benzene rings is 1. The predicted molar refractivity (Wildman–Crippen MR) is 79.1 cm³/mol. The molecule has 21 heavy (non-hydrogen) atoms. The van der Waals surface area contributed by atoms with Gasteiger partial charge in [-0.15, -0.1) is 0 Å². The van der Waals surface area contributed by atoms with Crippen LogP contribution in [0.3, 0.4) is 0 Å². The topological polar surface area (TPSA) is 89.7 Å². The molecule has 1 N–H and O–H groups in total. The lowest BCUT2D eigenvalue weighted by atomic mass is 9.85. The molecule has 0 bridgehead atoms. The number of hydrogen-bond donors (Lipinski definition) is 1.